The van der Waals surface area contributed by atoms with Gasteiger partial charge in [-0.15, -0.1) is 0 Å². The zero-order valence-electron chi connectivity index (χ0n) is 13.8. The van der Waals surface area contributed by atoms with E-state index >= 15 is 0 Å². The van der Waals surface area contributed by atoms with Gasteiger partial charge in [0.2, 0.25) is 0 Å². The van der Waals surface area contributed by atoms with Gasteiger partial charge in [0.05, 0.1) is 18.1 Å². The van der Waals surface area contributed by atoms with E-state index in [1.807, 2.05) is 30.3 Å². The minimum absolute atomic E-state index is 0.144. The number of nitrogens with zero attached hydrogens (tertiary/aromatic N) is 1. The second-order valence-electron chi connectivity index (χ2n) is 5.67. The van der Waals surface area contributed by atoms with Crippen molar-refractivity contribution in [1.29, 1.82) is 0 Å². The van der Waals surface area contributed by atoms with Crippen LogP contribution in [0.1, 0.15) is 5.76 Å². The molecule has 0 atom stereocenters. The molecule has 2 heterocycles. The first kappa shape index (κ1) is 15.2. The average Bonchev–Trinajstić information content (AvgIpc) is 3.03. The van der Waals surface area contributed by atoms with E-state index in [9.17, 15) is 4.79 Å². The molecule has 0 spiro atoms. The highest BCUT2D eigenvalue weighted by Crippen LogP contribution is 2.35. The molecule has 0 bridgehead atoms. The van der Waals surface area contributed by atoms with Gasteiger partial charge in [-0.1, -0.05) is 35.5 Å². The van der Waals surface area contributed by atoms with E-state index < -0.39 is 0 Å². The Hall–Kier alpha value is -3.34. The Morgan fingerprint density at radius 1 is 1.04 bits per heavy atom. The summed E-state index contributed by atoms with van der Waals surface area (Å²) >= 11 is 0. The Balaban J connectivity index is 1.94. The molecule has 2 aromatic heterocycles. The van der Waals surface area contributed by atoms with Gasteiger partial charge in [0.1, 0.15) is 28.5 Å². The summed E-state index contributed by atoms with van der Waals surface area (Å²) in [6.45, 7) is 1.80. The lowest BCUT2D eigenvalue weighted by atomic mass is 10.0. The summed E-state index contributed by atoms with van der Waals surface area (Å²) in [4.78, 5) is 12.6. The molecule has 5 nitrogen and oxygen atoms in total. The van der Waals surface area contributed by atoms with Crippen molar-refractivity contribution in [2.45, 2.75) is 6.92 Å². The molecule has 0 radical (unpaired) electrons. The van der Waals surface area contributed by atoms with Gasteiger partial charge in [0, 0.05) is 11.6 Å². The van der Waals surface area contributed by atoms with Crippen molar-refractivity contribution in [2.24, 2.45) is 0 Å². The van der Waals surface area contributed by atoms with E-state index in [-0.39, 0.29) is 5.43 Å². The van der Waals surface area contributed by atoms with E-state index in [0.29, 0.717) is 39.5 Å². The smallest absolute Gasteiger partial charge is 0.193 e. The molecule has 0 amide bonds. The maximum Gasteiger partial charge on any atom is 0.193 e. The second-order valence-corrected chi connectivity index (χ2v) is 5.67. The molecule has 124 valence electrons. The Labute approximate surface area is 143 Å². The number of benzene rings is 2. The highest BCUT2D eigenvalue weighted by Gasteiger charge is 2.20. The molecular formula is C20H15NO4. The summed E-state index contributed by atoms with van der Waals surface area (Å²) < 4.78 is 16.5. The fraction of sp³-hybridized carbons (Fsp3) is 0.100. The minimum atomic E-state index is -0.144. The van der Waals surface area contributed by atoms with Crippen molar-refractivity contribution in [3.05, 3.63) is 70.6 Å². The largest absolute Gasteiger partial charge is 0.497 e. The van der Waals surface area contributed by atoms with E-state index in [4.69, 9.17) is 13.7 Å². The molecule has 0 saturated heterocycles. The van der Waals surface area contributed by atoms with E-state index in [0.717, 1.165) is 5.56 Å². The molecule has 0 N–H and O–H groups in total. The van der Waals surface area contributed by atoms with Crippen LogP contribution in [0.25, 0.3) is 33.6 Å². The number of fused-ring (bicyclic) bond motifs is 1. The molecule has 0 aliphatic rings. The Bertz CT molecular complexity index is 1110. The summed E-state index contributed by atoms with van der Waals surface area (Å²) in [6, 6.07) is 16.3. The van der Waals surface area contributed by atoms with E-state index in [1.165, 1.54) is 6.07 Å². The summed E-state index contributed by atoms with van der Waals surface area (Å²) in [6.07, 6.45) is 0. The highest BCUT2D eigenvalue weighted by molar-refractivity contribution is 5.84. The van der Waals surface area contributed by atoms with Gasteiger partial charge >= 0.3 is 0 Å². The van der Waals surface area contributed by atoms with Crippen molar-refractivity contribution >= 4 is 11.0 Å². The molecule has 25 heavy (non-hydrogen) atoms. The van der Waals surface area contributed by atoms with Crippen LogP contribution in [0.2, 0.25) is 0 Å². The standard InChI is InChI=1S/C20H15NO4/c1-12-19(20(21-25-12)13-6-4-3-5-7-13)18-11-16(22)15-10-14(23-2)8-9-17(15)24-18/h3-11H,1-2H3. The van der Waals surface area contributed by atoms with Crippen molar-refractivity contribution in [1.82, 2.24) is 5.16 Å². The normalized spacial score (nSPS) is 11.0. The van der Waals surface area contributed by atoms with Crippen molar-refractivity contribution in [3.63, 3.8) is 0 Å². The second kappa shape index (κ2) is 5.94. The van der Waals surface area contributed by atoms with E-state index in [2.05, 4.69) is 5.16 Å². The van der Waals surface area contributed by atoms with Crippen molar-refractivity contribution in [3.8, 4) is 28.3 Å². The zero-order chi connectivity index (χ0) is 17.4. The lowest BCUT2D eigenvalue weighted by Gasteiger charge is -2.05. The molecule has 0 saturated carbocycles. The molecule has 0 aliphatic heterocycles. The van der Waals surface area contributed by atoms with Gasteiger partial charge in [0.15, 0.2) is 5.43 Å². The number of ether oxygens (including phenoxy) is 1. The third-order valence-corrected chi connectivity index (χ3v) is 4.09. The lowest BCUT2D eigenvalue weighted by molar-refractivity contribution is 0.399. The van der Waals surface area contributed by atoms with E-state index in [1.54, 1.807) is 32.2 Å². The van der Waals surface area contributed by atoms with Gasteiger partial charge in [-0.05, 0) is 25.1 Å². The molecule has 0 unspecified atom stereocenters. The van der Waals surface area contributed by atoms with Crippen LogP contribution >= 0.6 is 0 Å². The number of rotatable bonds is 3. The Kier molecular flexibility index (Phi) is 3.61. The summed E-state index contributed by atoms with van der Waals surface area (Å²) in [5.74, 6) is 1.63. The van der Waals surface area contributed by atoms with Gasteiger partial charge in [-0.2, -0.15) is 0 Å². The third kappa shape index (κ3) is 2.59. The SMILES string of the molecule is COc1ccc2oc(-c3c(-c4ccccc4)noc3C)cc(=O)c2c1. The molecular weight excluding hydrogens is 318 g/mol. The number of methoxy groups -OCH3 is 1. The maximum absolute atomic E-state index is 12.6. The first-order valence-electron chi connectivity index (χ1n) is 7.81. The first-order chi connectivity index (χ1) is 12.2. The number of hydrogen-bond donors (Lipinski definition) is 0. The maximum atomic E-state index is 12.6. The third-order valence-electron chi connectivity index (χ3n) is 4.09. The topological polar surface area (TPSA) is 65.5 Å². The number of aryl methyl sites for hydroxylation is 1. The molecule has 0 aliphatic carbocycles. The predicted octanol–water partition coefficient (Wildman–Crippen LogP) is 4.43. The quantitative estimate of drug-likeness (QED) is 0.555. The van der Waals surface area contributed by atoms with Crippen molar-refractivity contribution < 1.29 is 13.7 Å². The Morgan fingerprint density at radius 2 is 1.84 bits per heavy atom. The monoisotopic (exact) mass is 333 g/mol. The number of hydrogen-bond acceptors (Lipinski definition) is 5. The van der Waals surface area contributed by atoms with Crippen LogP contribution in [0.4, 0.5) is 0 Å². The van der Waals surface area contributed by atoms with Crippen LogP contribution in [-0.4, -0.2) is 12.3 Å². The average molecular weight is 333 g/mol. The van der Waals surface area contributed by atoms with Crippen LogP contribution in [0.15, 0.2) is 68.3 Å². The van der Waals surface area contributed by atoms with Crippen LogP contribution in [0, 0.1) is 6.92 Å². The van der Waals surface area contributed by atoms with Gasteiger partial charge in [-0.25, -0.2) is 0 Å². The fourth-order valence-corrected chi connectivity index (χ4v) is 2.84. The molecule has 5 heteroatoms. The molecule has 2 aromatic carbocycles. The highest BCUT2D eigenvalue weighted by atomic mass is 16.5. The summed E-state index contributed by atoms with van der Waals surface area (Å²) in [5.41, 5.74) is 2.57. The van der Waals surface area contributed by atoms with Gasteiger partial charge < -0.3 is 13.7 Å². The van der Waals surface area contributed by atoms with Crippen LogP contribution < -0.4 is 10.2 Å². The zero-order valence-corrected chi connectivity index (χ0v) is 13.8. The fourth-order valence-electron chi connectivity index (χ4n) is 2.84. The minimum Gasteiger partial charge on any atom is -0.497 e. The van der Waals surface area contributed by atoms with Crippen LogP contribution in [0.5, 0.6) is 5.75 Å². The molecule has 4 aromatic rings. The summed E-state index contributed by atoms with van der Waals surface area (Å²) in [5, 5.41) is 4.61. The van der Waals surface area contributed by atoms with Gasteiger partial charge in [-0.3, -0.25) is 4.79 Å². The van der Waals surface area contributed by atoms with Gasteiger partial charge in [0.25, 0.3) is 0 Å². The first-order valence-corrected chi connectivity index (χ1v) is 7.81. The van der Waals surface area contributed by atoms with Crippen molar-refractivity contribution in [2.75, 3.05) is 7.11 Å². The predicted molar refractivity (Wildman–Crippen MR) is 94.7 cm³/mol. The van der Waals surface area contributed by atoms with Crippen LogP contribution in [-0.2, 0) is 0 Å². The number of aromatic nitrogens is 1. The molecule has 0 fully saturated rings. The molecule has 4 rings (SSSR count). The van der Waals surface area contributed by atoms with Crippen LogP contribution in [0.3, 0.4) is 0 Å². The lowest BCUT2D eigenvalue weighted by Crippen LogP contribution is -2.01. The Morgan fingerprint density at radius 3 is 2.60 bits per heavy atom. The summed E-state index contributed by atoms with van der Waals surface area (Å²) in [7, 11) is 1.56.